The fourth-order valence-corrected chi connectivity index (χ4v) is 2.40. The molecule has 22 heavy (non-hydrogen) atoms. The number of carbonyl (C=O) groups is 1. The van der Waals surface area contributed by atoms with Gasteiger partial charge in [-0.15, -0.1) is 0 Å². The number of benzene rings is 1. The molecule has 6 nitrogen and oxygen atoms in total. The Morgan fingerprint density at radius 2 is 2.18 bits per heavy atom. The lowest BCUT2D eigenvalue weighted by atomic mass is 10.0. The Morgan fingerprint density at radius 3 is 2.73 bits per heavy atom. The zero-order valence-corrected chi connectivity index (χ0v) is 13.2. The Kier molecular flexibility index (Phi) is 5.27. The Labute approximate surface area is 130 Å². The van der Waals surface area contributed by atoms with Crippen LogP contribution >= 0.6 is 0 Å². The number of amides is 1. The number of carbonyl (C=O) groups excluding carboxylic acids is 1. The molecule has 0 aliphatic rings. The SMILES string of the molecule is Cc1cc(C(=O)NC(CO)CC(C)C)ccc1-n1cncn1. The van der Waals surface area contributed by atoms with Crippen LogP contribution in [0.4, 0.5) is 0 Å². The molecule has 6 heteroatoms. The van der Waals surface area contributed by atoms with E-state index in [0.717, 1.165) is 17.7 Å². The summed E-state index contributed by atoms with van der Waals surface area (Å²) in [6.07, 6.45) is 3.84. The van der Waals surface area contributed by atoms with E-state index in [1.54, 1.807) is 17.1 Å². The van der Waals surface area contributed by atoms with Gasteiger partial charge < -0.3 is 10.4 Å². The van der Waals surface area contributed by atoms with Gasteiger partial charge in [-0.3, -0.25) is 4.79 Å². The van der Waals surface area contributed by atoms with Crippen LogP contribution in [0.5, 0.6) is 0 Å². The first-order valence-corrected chi connectivity index (χ1v) is 7.38. The van der Waals surface area contributed by atoms with Gasteiger partial charge in [0.25, 0.3) is 5.91 Å². The van der Waals surface area contributed by atoms with Gasteiger partial charge in [0.1, 0.15) is 12.7 Å². The van der Waals surface area contributed by atoms with Gasteiger partial charge in [-0.25, -0.2) is 9.67 Å². The number of aryl methyl sites for hydroxylation is 1. The van der Waals surface area contributed by atoms with Crippen molar-refractivity contribution in [3.05, 3.63) is 42.0 Å². The molecule has 2 N–H and O–H groups in total. The van der Waals surface area contributed by atoms with Crippen molar-refractivity contribution in [2.75, 3.05) is 6.61 Å². The Morgan fingerprint density at radius 1 is 1.41 bits per heavy atom. The molecule has 0 spiro atoms. The summed E-state index contributed by atoms with van der Waals surface area (Å²) in [4.78, 5) is 16.2. The summed E-state index contributed by atoms with van der Waals surface area (Å²) in [6.45, 7) is 5.99. The molecule has 2 rings (SSSR count). The van der Waals surface area contributed by atoms with Crippen LogP contribution in [0.2, 0.25) is 0 Å². The zero-order valence-electron chi connectivity index (χ0n) is 13.2. The summed E-state index contributed by atoms with van der Waals surface area (Å²) in [5.41, 5.74) is 2.39. The van der Waals surface area contributed by atoms with Crippen molar-refractivity contribution in [1.82, 2.24) is 20.1 Å². The van der Waals surface area contributed by atoms with E-state index in [-0.39, 0.29) is 18.6 Å². The quantitative estimate of drug-likeness (QED) is 0.851. The highest BCUT2D eigenvalue weighted by Gasteiger charge is 2.15. The zero-order chi connectivity index (χ0) is 16.1. The van der Waals surface area contributed by atoms with Crippen molar-refractivity contribution >= 4 is 5.91 Å². The summed E-state index contributed by atoms with van der Waals surface area (Å²) in [7, 11) is 0. The third-order valence-electron chi connectivity index (χ3n) is 3.44. The van der Waals surface area contributed by atoms with E-state index >= 15 is 0 Å². The predicted molar refractivity (Wildman–Crippen MR) is 83.9 cm³/mol. The minimum atomic E-state index is -0.220. The average Bonchev–Trinajstić information content (AvgIpc) is 2.99. The highest BCUT2D eigenvalue weighted by atomic mass is 16.3. The first kappa shape index (κ1) is 16.2. The second kappa shape index (κ2) is 7.17. The Bertz CT molecular complexity index is 623. The van der Waals surface area contributed by atoms with Crippen molar-refractivity contribution in [3.63, 3.8) is 0 Å². The molecule has 0 saturated carbocycles. The first-order valence-electron chi connectivity index (χ1n) is 7.38. The van der Waals surface area contributed by atoms with Crippen LogP contribution < -0.4 is 5.32 Å². The van der Waals surface area contributed by atoms with E-state index in [0.29, 0.717) is 11.5 Å². The number of hydrogen-bond donors (Lipinski definition) is 2. The summed E-state index contributed by atoms with van der Waals surface area (Å²) < 4.78 is 1.66. The summed E-state index contributed by atoms with van der Waals surface area (Å²) in [5.74, 6) is 0.238. The molecular formula is C16H22N4O2. The van der Waals surface area contributed by atoms with Gasteiger partial charge in [0.15, 0.2) is 0 Å². The molecule has 0 aliphatic heterocycles. The highest BCUT2D eigenvalue weighted by Crippen LogP contribution is 2.15. The smallest absolute Gasteiger partial charge is 0.251 e. The highest BCUT2D eigenvalue weighted by molar-refractivity contribution is 5.94. The standard InChI is InChI=1S/C16H22N4O2/c1-11(2)6-14(8-21)19-16(22)13-4-5-15(12(3)7-13)20-10-17-9-18-20/h4-5,7,9-11,14,21H,6,8H2,1-3H3,(H,19,22). The number of aliphatic hydroxyl groups is 1. The topological polar surface area (TPSA) is 80.0 Å². The monoisotopic (exact) mass is 302 g/mol. The molecule has 118 valence electrons. The number of nitrogens with one attached hydrogen (secondary N) is 1. The van der Waals surface area contributed by atoms with Crippen LogP contribution in [0.25, 0.3) is 5.69 Å². The van der Waals surface area contributed by atoms with Crippen molar-refractivity contribution in [2.45, 2.75) is 33.2 Å². The van der Waals surface area contributed by atoms with E-state index in [9.17, 15) is 9.90 Å². The number of hydrogen-bond acceptors (Lipinski definition) is 4. The summed E-state index contributed by atoms with van der Waals surface area (Å²) in [6, 6.07) is 5.19. The summed E-state index contributed by atoms with van der Waals surface area (Å²) in [5, 5.41) is 16.3. The first-order chi connectivity index (χ1) is 10.5. The fraction of sp³-hybridized carbons (Fsp3) is 0.438. The maximum atomic E-state index is 12.3. The fourth-order valence-electron chi connectivity index (χ4n) is 2.40. The Balaban J connectivity index is 2.12. The number of aromatic nitrogens is 3. The third-order valence-corrected chi connectivity index (χ3v) is 3.44. The van der Waals surface area contributed by atoms with Gasteiger partial charge in [0.2, 0.25) is 0 Å². The van der Waals surface area contributed by atoms with Gasteiger partial charge in [0, 0.05) is 5.56 Å². The molecule has 0 radical (unpaired) electrons. The van der Waals surface area contributed by atoms with Gasteiger partial charge >= 0.3 is 0 Å². The third kappa shape index (κ3) is 3.92. The maximum Gasteiger partial charge on any atom is 0.251 e. The predicted octanol–water partition coefficient (Wildman–Crippen LogP) is 1.71. The van der Waals surface area contributed by atoms with Crippen LogP contribution in [-0.2, 0) is 0 Å². The normalized spacial score (nSPS) is 12.4. The number of rotatable bonds is 6. The second-order valence-electron chi connectivity index (χ2n) is 5.82. The number of aliphatic hydroxyl groups excluding tert-OH is 1. The van der Waals surface area contributed by atoms with Crippen LogP contribution in [0.1, 0.15) is 36.2 Å². The Hall–Kier alpha value is -2.21. The minimum absolute atomic E-state index is 0.0556. The molecule has 1 atom stereocenters. The second-order valence-corrected chi connectivity index (χ2v) is 5.82. The lowest BCUT2D eigenvalue weighted by Crippen LogP contribution is -2.38. The molecule has 1 heterocycles. The van der Waals surface area contributed by atoms with Crippen LogP contribution in [-0.4, -0.2) is 38.4 Å². The van der Waals surface area contributed by atoms with Crippen LogP contribution in [0, 0.1) is 12.8 Å². The van der Waals surface area contributed by atoms with Gasteiger partial charge in [0.05, 0.1) is 18.3 Å². The van der Waals surface area contributed by atoms with Gasteiger partial charge in [-0.1, -0.05) is 13.8 Å². The van der Waals surface area contributed by atoms with E-state index in [2.05, 4.69) is 29.2 Å². The molecule has 2 aromatic rings. The van der Waals surface area contributed by atoms with Gasteiger partial charge in [-0.05, 0) is 43.0 Å². The summed E-state index contributed by atoms with van der Waals surface area (Å²) >= 11 is 0. The van der Waals surface area contributed by atoms with E-state index in [4.69, 9.17) is 0 Å². The van der Waals surface area contributed by atoms with Crippen molar-refractivity contribution in [2.24, 2.45) is 5.92 Å². The molecular weight excluding hydrogens is 280 g/mol. The van der Waals surface area contributed by atoms with E-state index < -0.39 is 0 Å². The van der Waals surface area contributed by atoms with Crippen LogP contribution in [0.15, 0.2) is 30.9 Å². The van der Waals surface area contributed by atoms with Crippen molar-refractivity contribution in [1.29, 1.82) is 0 Å². The molecule has 0 aliphatic carbocycles. The lowest BCUT2D eigenvalue weighted by molar-refractivity contribution is 0.0908. The van der Waals surface area contributed by atoms with Crippen molar-refractivity contribution in [3.8, 4) is 5.69 Å². The van der Waals surface area contributed by atoms with Crippen LogP contribution in [0.3, 0.4) is 0 Å². The molecule has 1 unspecified atom stereocenters. The molecule has 1 aromatic carbocycles. The molecule has 1 amide bonds. The maximum absolute atomic E-state index is 12.3. The number of nitrogens with zero attached hydrogens (tertiary/aromatic N) is 3. The molecule has 0 fully saturated rings. The minimum Gasteiger partial charge on any atom is -0.394 e. The van der Waals surface area contributed by atoms with Crippen molar-refractivity contribution < 1.29 is 9.90 Å². The molecule has 0 saturated heterocycles. The van der Waals surface area contributed by atoms with E-state index in [1.165, 1.54) is 6.33 Å². The average molecular weight is 302 g/mol. The van der Waals surface area contributed by atoms with E-state index in [1.807, 2.05) is 19.1 Å². The largest absolute Gasteiger partial charge is 0.394 e. The van der Waals surface area contributed by atoms with Gasteiger partial charge in [-0.2, -0.15) is 5.10 Å². The molecule has 0 bridgehead atoms. The lowest BCUT2D eigenvalue weighted by Gasteiger charge is -2.18. The molecule has 1 aromatic heterocycles.